The highest BCUT2D eigenvalue weighted by atomic mass is 19.1. The van der Waals surface area contributed by atoms with Crippen LogP contribution in [0.15, 0.2) is 12.1 Å². The van der Waals surface area contributed by atoms with Gasteiger partial charge in [0.25, 0.3) is 5.91 Å². The van der Waals surface area contributed by atoms with Crippen LogP contribution in [0.3, 0.4) is 0 Å². The van der Waals surface area contributed by atoms with Gasteiger partial charge in [0.1, 0.15) is 11.6 Å². The van der Waals surface area contributed by atoms with Crippen molar-refractivity contribution in [2.75, 3.05) is 26.8 Å². The summed E-state index contributed by atoms with van der Waals surface area (Å²) in [6.45, 7) is 8.62. The van der Waals surface area contributed by atoms with E-state index in [0.717, 1.165) is 36.2 Å². The summed E-state index contributed by atoms with van der Waals surface area (Å²) in [6, 6.07) is 3.30. The number of carbonyl (C=O) groups is 1. The molecule has 4 atom stereocenters. The lowest BCUT2D eigenvalue weighted by Crippen LogP contribution is -2.43. The van der Waals surface area contributed by atoms with E-state index in [4.69, 9.17) is 9.47 Å². The maximum Gasteiger partial charge on any atom is 0.256 e. The van der Waals surface area contributed by atoms with Gasteiger partial charge < -0.3 is 14.4 Å². The van der Waals surface area contributed by atoms with Crippen LogP contribution in [0.5, 0.6) is 5.75 Å². The van der Waals surface area contributed by atoms with Gasteiger partial charge in [0.05, 0.1) is 18.3 Å². The first kappa shape index (κ1) is 23.1. The van der Waals surface area contributed by atoms with Crippen molar-refractivity contribution in [3.63, 3.8) is 0 Å². The normalized spacial score (nSPS) is 36.2. The van der Waals surface area contributed by atoms with Gasteiger partial charge in [-0.15, -0.1) is 0 Å². The van der Waals surface area contributed by atoms with Crippen molar-refractivity contribution in [3.05, 3.63) is 29.1 Å². The van der Waals surface area contributed by atoms with Gasteiger partial charge in [0.15, 0.2) is 0 Å². The van der Waals surface area contributed by atoms with Gasteiger partial charge in [-0.05, 0) is 80.2 Å². The lowest BCUT2D eigenvalue weighted by molar-refractivity contribution is -0.0167. The summed E-state index contributed by atoms with van der Waals surface area (Å²) in [6.07, 6.45) is 8.52. The molecule has 0 N–H and O–H groups in total. The van der Waals surface area contributed by atoms with Gasteiger partial charge >= 0.3 is 0 Å². The predicted octanol–water partition coefficient (Wildman–Crippen LogP) is 6.04. The number of halogens is 1. The highest BCUT2D eigenvalue weighted by Gasteiger charge is 2.45. The van der Waals surface area contributed by atoms with Crippen LogP contribution in [-0.4, -0.2) is 43.7 Å². The van der Waals surface area contributed by atoms with Crippen molar-refractivity contribution in [3.8, 4) is 5.75 Å². The van der Waals surface area contributed by atoms with Crippen LogP contribution in [0.2, 0.25) is 0 Å². The average Bonchev–Trinajstić information content (AvgIpc) is 3.52. The third kappa shape index (κ3) is 4.67. The van der Waals surface area contributed by atoms with Crippen LogP contribution in [0.4, 0.5) is 4.39 Å². The van der Waals surface area contributed by atoms with Gasteiger partial charge in [0, 0.05) is 37.6 Å². The molecule has 5 rings (SSSR count). The highest BCUT2D eigenvalue weighted by molar-refractivity contribution is 5.95. The average molecular weight is 458 g/mol. The fourth-order valence-electron chi connectivity index (χ4n) is 7.47. The smallest absolute Gasteiger partial charge is 0.256 e. The minimum atomic E-state index is -0.461. The molecule has 1 aromatic carbocycles. The Morgan fingerprint density at radius 3 is 2.39 bits per heavy atom. The Labute approximate surface area is 198 Å². The van der Waals surface area contributed by atoms with Crippen LogP contribution in [-0.2, 0) is 4.74 Å². The second kappa shape index (κ2) is 8.87. The zero-order valence-electron chi connectivity index (χ0n) is 20.7. The molecule has 3 aliphatic carbocycles. The maximum atomic E-state index is 15.3. The van der Waals surface area contributed by atoms with E-state index in [1.807, 2.05) is 0 Å². The Kier molecular flexibility index (Phi) is 6.22. The monoisotopic (exact) mass is 457 g/mol. The summed E-state index contributed by atoms with van der Waals surface area (Å²) in [7, 11) is 1.68. The van der Waals surface area contributed by atoms with Gasteiger partial charge in [-0.25, -0.2) is 4.39 Å². The van der Waals surface area contributed by atoms with Gasteiger partial charge in [-0.2, -0.15) is 0 Å². The fraction of sp³-hybridized carbons (Fsp3) is 0.750. The summed E-state index contributed by atoms with van der Waals surface area (Å²) < 4.78 is 27.2. The number of rotatable bonds is 6. The number of hydrogen-bond donors (Lipinski definition) is 0. The van der Waals surface area contributed by atoms with Crippen LogP contribution >= 0.6 is 0 Å². The molecule has 2 bridgehead atoms. The van der Waals surface area contributed by atoms with Gasteiger partial charge in [0.2, 0.25) is 0 Å². The quantitative estimate of drug-likeness (QED) is 0.523. The summed E-state index contributed by atoms with van der Waals surface area (Å²) in [5, 5.41) is 0. The lowest BCUT2D eigenvalue weighted by Gasteiger charge is -2.49. The molecule has 182 valence electrons. The fourth-order valence-corrected chi connectivity index (χ4v) is 7.47. The number of carbonyl (C=O) groups excluding carboxylic acids is 1. The van der Waals surface area contributed by atoms with E-state index < -0.39 is 5.82 Å². The van der Waals surface area contributed by atoms with Crippen molar-refractivity contribution < 1.29 is 18.7 Å². The minimum Gasteiger partial charge on any atom is -0.493 e. The molecule has 3 saturated carbocycles. The molecule has 1 saturated heterocycles. The zero-order valence-corrected chi connectivity index (χ0v) is 20.7. The van der Waals surface area contributed by atoms with Crippen LogP contribution in [0, 0.1) is 34.9 Å². The van der Waals surface area contributed by atoms with E-state index in [9.17, 15) is 4.79 Å². The number of hydrogen-bond acceptors (Lipinski definition) is 3. The third-order valence-corrected chi connectivity index (χ3v) is 8.77. The minimum absolute atomic E-state index is 0.0152. The second-order valence-corrected chi connectivity index (χ2v) is 12.1. The van der Waals surface area contributed by atoms with Crippen LogP contribution in [0.1, 0.15) is 87.6 Å². The summed E-state index contributed by atoms with van der Waals surface area (Å²) in [5.74, 6) is 2.89. The summed E-state index contributed by atoms with van der Waals surface area (Å²) in [4.78, 5) is 14.9. The molecule has 5 heteroatoms. The standard InChI is InChI=1S/C28H40FNO3/c1-17-7-20-8-18(2)12-28(11-17,13-20)16-33-25-10-24(29)23(9-22(25)21-5-6-21)27(31)30-14-19(3)26(15-30)32-4/h9-10,17-21,26H,5-8,11-16H2,1-4H3. The molecule has 33 heavy (non-hydrogen) atoms. The molecule has 1 aliphatic heterocycles. The molecule has 4 unspecified atom stereocenters. The molecule has 0 radical (unpaired) electrons. The number of methoxy groups -OCH3 is 1. The van der Waals surface area contributed by atoms with Crippen LogP contribution < -0.4 is 4.74 Å². The van der Waals surface area contributed by atoms with E-state index in [1.54, 1.807) is 18.1 Å². The van der Waals surface area contributed by atoms with E-state index >= 15 is 4.39 Å². The molecule has 0 spiro atoms. The van der Waals surface area contributed by atoms with Crippen molar-refractivity contribution in [1.29, 1.82) is 0 Å². The number of fused-ring (bicyclic) bond motifs is 2. The van der Waals surface area contributed by atoms with Crippen molar-refractivity contribution in [1.82, 2.24) is 4.90 Å². The van der Waals surface area contributed by atoms with E-state index in [2.05, 4.69) is 20.8 Å². The highest BCUT2D eigenvalue weighted by Crippen LogP contribution is 2.53. The molecule has 1 aromatic rings. The van der Waals surface area contributed by atoms with Gasteiger partial charge in [-0.1, -0.05) is 20.8 Å². The first-order valence-electron chi connectivity index (χ1n) is 13.0. The zero-order chi connectivity index (χ0) is 23.3. The Hall–Kier alpha value is -1.62. The van der Waals surface area contributed by atoms with Gasteiger partial charge in [-0.3, -0.25) is 4.79 Å². The van der Waals surface area contributed by atoms with Crippen molar-refractivity contribution >= 4 is 5.91 Å². The number of benzene rings is 1. The number of likely N-dealkylation sites (tertiary alicyclic amines) is 1. The number of amides is 1. The van der Waals surface area contributed by atoms with Crippen LogP contribution in [0.25, 0.3) is 0 Å². The summed E-state index contributed by atoms with van der Waals surface area (Å²) in [5.41, 5.74) is 1.42. The Morgan fingerprint density at radius 1 is 1.09 bits per heavy atom. The van der Waals surface area contributed by atoms with E-state index in [-0.39, 0.29) is 28.9 Å². The lowest BCUT2D eigenvalue weighted by atomic mass is 9.57. The van der Waals surface area contributed by atoms with Crippen molar-refractivity contribution in [2.24, 2.45) is 29.1 Å². The topological polar surface area (TPSA) is 38.8 Å². The molecule has 1 heterocycles. The molecular weight excluding hydrogens is 417 g/mol. The molecule has 4 aliphatic rings. The number of nitrogens with zero attached hydrogens (tertiary/aromatic N) is 1. The van der Waals surface area contributed by atoms with Crippen molar-refractivity contribution in [2.45, 2.75) is 77.7 Å². The molecule has 1 amide bonds. The Bertz CT molecular complexity index is 878. The molecular formula is C28H40FNO3. The molecule has 4 fully saturated rings. The van der Waals surface area contributed by atoms with E-state index in [0.29, 0.717) is 31.4 Å². The molecule has 4 nitrogen and oxygen atoms in total. The first-order valence-corrected chi connectivity index (χ1v) is 13.0. The van der Waals surface area contributed by atoms with E-state index in [1.165, 1.54) is 38.2 Å². The molecule has 0 aromatic heterocycles. The number of ether oxygens (including phenoxy) is 2. The Balaban J connectivity index is 1.36. The second-order valence-electron chi connectivity index (χ2n) is 12.1. The SMILES string of the molecule is COC1CN(C(=O)c2cc(C3CC3)c(OCC34CC(C)CC(CC(C)C3)C4)cc2F)CC1C. The largest absolute Gasteiger partial charge is 0.493 e. The third-order valence-electron chi connectivity index (χ3n) is 8.77. The maximum absolute atomic E-state index is 15.3. The predicted molar refractivity (Wildman–Crippen MR) is 127 cm³/mol. The summed E-state index contributed by atoms with van der Waals surface area (Å²) >= 11 is 0. The first-order chi connectivity index (χ1) is 15.8. The Morgan fingerprint density at radius 2 is 1.79 bits per heavy atom.